The second kappa shape index (κ2) is 13.0. The van der Waals surface area contributed by atoms with Crippen molar-refractivity contribution < 1.29 is 19.3 Å². The predicted octanol–water partition coefficient (Wildman–Crippen LogP) is 7.44. The van der Waals surface area contributed by atoms with E-state index in [2.05, 4.69) is 61.6 Å². The minimum Gasteiger partial charge on any atom is -0.493 e. The first-order chi connectivity index (χ1) is 16.6. The second-order valence-electron chi connectivity index (χ2n) is 7.94. The Morgan fingerprint density at radius 1 is 0.971 bits per heavy atom. The molecule has 0 saturated carbocycles. The average molecular weight is 479 g/mol. The van der Waals surface area contributed by atoms with Crippen LogP contribution in [0.5, 0.6) is 17.2 Å². The number of thiophene rings is 1. The highest BCUT2D eigenvalue weighted by Gasteiger charge is 2.12. The predicted molar refractivity (Wildman–Crippen MR) is 144 cm³/mol. The van der Waals surface area contributed by atoms with Gasteiger partial charge in [0.2, 0.25) is 5.75 Å². The number of ether oxygens (including phenoxy) is 3. The fraction of sp³-hybridized carbons (Fsp3) is 0.310. The van der Waals surface area contributed by atoms with Crippen molar-refractivity contribution in [3.63, 3.8) is 0 Å². The van der Waals surface area contributed by atoms with Crippen LogP contribution >= 0.6 is 11.3 Å². The van der Waals surface area contributed by atoms with E-state index >= 15 is 0 Å². The van der Waals surface area contributed by atoms with Crippen LogP contribution in [0.1, 0.15) is 41.7 Å². The molecule has 0 radical (unpaired) electrons. The van der Waals surface area contributed by atoms with Crippen LogP contribution in [0.3, 0.4) is 0 Å². The zero-order valence-corrected chi connectivity index (χ0v) is 21.3. The largest absolute Gasteiger partial charge is 0.493 e. The molecule has 0 aliphatic rings. The van der Waals surface area contributed by atoms with E-state index in [0.29, 0.717) is 17.2 Å². The highest BCUT2D eigenvalue weighted by Crippen LogP contribution is 2.39. The highest BCUT2D eigenvalue weighted by atomic mass is 32.1. The molecule has 0 saturated heterocycles. The van der Waals surface area contributed by atoms with Crippen molar-refractivity contribution in [2.45, 2.75) is 32.6 Å². The molecule has 3 rings (SSSR count). The number of fused-ring (bicyclic) bond motifs is 1. The Bertz CT molecular complexity index is 1150. The molecule has 0 aliphatic carbocycles. The van der Waals surface area contributed by atoms with Gasteiger partial charge in [0.05, 0.1) is 21.3 Å². The number of aryl methyl sites for hydroxylation is 1. The summed E-state index contributed by atoms with van der Waals surface area (Å²) < 4.78 is 17.5. The van der Waals surface area contributed by atoms with Gasteiger partial charge in [-0.1, -0.05) is 48.6 Å². The first-order valence-electron chi connectivity index (χ1n) is 11.5. The molecule has 0 bridgehead atoms. The third-order valence-corrected chi connectivity index (χ3v) is 7.02. The van der Waals surface area contributed by atoms with Crippen LogP contribution in [0, 0.1) is 6.92 Å². The van der Waals surface area contributed by atoms with Crippen LogP contribution in [0.25, 0.3) is 21.7 Å². The zero-order valence-electron chi connectivity index (χ0n) is 20.5. The molecule has 1 heterocycles. The Hall–Kier alpha value is -3.02. The van der Waals surface area contributed by atoms with Crippen molar-refractivity contribution in [1.29, 1.82) is 0 Å². The van der Waals surface area contributed by atoms with Crippen molar-refractivity contribution in [3.8, 4) is 17.2 Å². The lowest BCUT2D eigenvalue weighted by Gasteiger charge is -2.12. The summed E-state index contributed by atoms with van der Waals surface area (Å²) in [5.41, 5.74) is 3.62. The second-order valence-corrected chi connectivity index (χ2v) is 8.99. The SMILES string of the molecule is COc1cc(/C=C\CC/C=C/C=C(/CCCO)c2sc3ccccc3c2C)cc(OC)c1OC. The quantitative estimate of drug-likeness (QED) is 0.217. The number of hydrogen-bond acceptors (Lipinski definition) is 5. The van der Waals surface area contributed by atoms with E-state index in [1.54, 1.807) is 21.3 Å². The fourth-order valence-corrected chi connectivity index (χ4v) is 5.17. The number of aliphatic hydroxyl groups is 1. The van der Waals surface area contributed by atoms with E-state index in [4.69, 9.17) is 14.2 Å². The molecule has 1 aromatic heterocycles. The molecular weight excluding hydrogens is 444 g/mol. The lowest BCUT2D eigenvalue weighted by atomic mass is 10.0. The standard InChI is InChI=1S/C29H34O4S/c1-21-24-16-10-11-17-27(24)34-29(21)23(15-12-18-30)14-9-7-5-6-8-13-22-19-25(31-2)28(33-4)26(20-22)32-3/h7-11,13-14,16-17,19-20,30H,5-6,12,15,18H2,1-4H3/b9-7+,13-8-,23-14-. The number of allylic oxidation sites excluding steroid dienone is 5. The van der Waals surface area contributed by atoms with Crippen LogP contribution in [0.15, 0.2) is 60.7 Å². The number of hydrogen-bond donors (Lipinski definition) is 1. The molecule has 180 valence electrons. The summed E-state index contributed by atoms with van der Waals surface area (Å²) in [6.45, 7) is 2.40. The highest BCUT2D eigenvalue weighted by molar-refractivity contribution is 7.20. The van der Waals surface area contributed by atoms with Crippen molar-refractivity contribution in [1.82, 2.24) is 0 Å². The third-order valence-electron chi connectivity index (χ3n) is 5.67. The van der Waals surface area contributed by atoms with Crippen molar-refractivity contribution in [3.05, 3.63) is 76.7 Å². The van der Waals surface area contributed by atoms with Gasteiger partial charge in [-0.2, -0.15) is 0 Å². The Labute approximate surface area is 206 Å². The van der Waals surface area contributed by atoms with Crippen LogP contribution in [0.4, 0.5) is 0 Å². The van der Waals surface area contributed by atoms with Gasteiger partial charge in [0, 0.05) is 16.2 Å². The smallest absolute Gasteiger partial charge is 0.203 e. The Morgan fingerprint density at radius 2 is 1.68 bits per heavy atom. The van der Waals surface area contributed by atoms with Gasteiger partial charge >= 0.3 is 0 Å². The first-order valence-corrected chi connectivity index (χ1v) is 12.4. The van der Waals surface area contributed by atoms with Gasteiger partial charge in [0.15, 0.2) is 11.5 Å². The topological polar surface area (TPSA) is 47.9 Å². The van der Waals surface area contributed by atoms with E-state index in [9.17, 15) is 5.11 Å². The lowest BCUT2D eigenvalue weighted by molar-refractivity contribution is 0.290. The van der Waals surface area contributed by atoms with Gasteiger partial charge in [-0.25, -0.2) is 0 Å². The number of methoxy groups -OCH3 is 3. The minimum atomic E-state index is 0.205. The Kier molecular flexibility index (Phi) is 9.80. The number of aliphatic hydroxyl groups excluding tert-OH is 1. The van der Waals surface area contributed by atoms with E-state index in [0.717, 1.165) is 31.2 Å². The van der Waals surface area contributed by atoms with Crippen LogP contribution in [0.2, 0.25) is 0 Å². The lowest BCUT2D eigenvalue weighted by Crippen LogP contribution is -1.95. The van der Waals surface area contributed by atoms with E-state index in [-0.39, 0.29) is 6.61 Å². The van der Waals surface area contributed by atoms with Gasteiger partial charge in [-0.15, -0.1) is 11.3 Å². The molecule has 0 unspecified atom stereocenters. The minimum absolute atomic E-state index is 0.205. The van der Waals surface area contributed by atoms with Gasteiger partial charge in [0.25, 0.3) is 0 Å². The van der Waals surface area contributed by atoms with Crippen LogP contribution in [-0.4, -0.2) is 33.0 Å². The Balaban J connectivity index is 1.66. The van der Waals surface area contributed by atoms with Crippen LogP contribution in [-0.2, 0) is 0 Å². The molecule has 0 amide bonds. The number of unbranched alkanes of at least 4 members (excludes halogenated alkanes) is 1. The zero-order chi connectivity index (χ0) is 24.3. The number of benzene rings is 2. The average Bonchev–Trinajstić information content (AvgIpc) is 3.20. The van der Waals surface area contributed by atoms with Crippen molar-refractivity contribution in [2.75, 3.05) is 27.9 Å². The van der Waals surface area contributed by atoms with Gasteiger partial charge in [-0.05, 0) is 72.9 Å². The molecular formula is C29H34O4S. The molecule has 1 N–H and O–H groups in total. The van der Waals surface area contributed by atoms with Crippen molar-refractivity contribution >= 4 is 33.1 Å². The van der Waals surface area contributed by atoms with E-state index in [1.807, 2.05) is 23.5 Å². The molecule has 0 fully saturated rings. The van der Waals surface area contributed by atoms with Crippen molar-refractivity contribution in [2.24, 2.45) is 0 Å². The maximum atomic E-state index is 9.36. The summed E-state index contributed by atoms with van der Waals surface area (Å²) in [6, 6.07) is 12.4. The summed E-state index contributed by atoms with van der Waals surface area (Å²) in [7, 11) is 4.85. The summed E-state index contributed by atoms with van der Waals surface area (Å²) in [4.78, 5) is 1.32. The molecule has 4 nitrogen and oxygen atoms in total. The van der Waals surface area contributed by atoms with E-state index < -0.39 is 0 Å². The fourth-order valence-electron chi connectivity index (χ4n) is 3.91. The maximum Gasteiger partial charge on any atom is 0.203 e. The van der Waals surface area contributed by atoms with E-state index in [1.165, 1.54) is 26.1 Å². The van der Waals surface area contributed by atoms with Gasteiger partial charge in [0.1, 0.15) is 0 Å². The molecule has 2 aromatic carbocycles. The summed E-state index contributed by atoms with van der Waals surface area (Å²) >= 11 is 1.84. The Morgan fingerprint density at radius 3 is 2.32 bits per heavy atom. The number of rotatable bonds is 12. The summed E-state index contributed by atoms with van der Waals surface area (Å²) in [5.74, 6) is 1.90. The molecule has 0 atom stereocenters. The normalized spacial score (nSPS) is 12.2. The third kappa shape index (κ3) is 6.31. The molecule has 0 spiro atoms. The van der Waals surface area contributed by atoms with Gasteiger partial charge < -0.3 is 19.3 Å². The molecule has 0 aliphatic heterocycles. The maximum absolute atomic E-state index is 9.36. The molecule has 3 aromatic rings. The van der Waals surface area contributed by atoms with Gasteiger partial charge in [-0.3, -0.25) is 0 Å². The summed E-state index contributed by atoms with van der Waals surface area (Å²) in [5, 5.41) is 10.7. The monoisotopic (exact) mass is 478 g/mol. The molecule has 5 heteroatoms. The van der Waals surface area contributed by atoms with Crippen LogP contribution < -0.4 is 14.2 Å². The molecule has 34 heavy (non-hydrogen) atoms. The first kappa shape index (κ1) is 25.6. The summed E-state index contributed by atoms with van der Waals surface area (Å²) in [6.07, 6.45) is 14.3.